The second kappa shape index (κ2) is 8.52. The normalized spacial score (nSPS) is 11.3. The zero-order valence-corrected chi connectivity index (χ0v) is 18.5. The summed E-state index contributed by atoms with van der Waals surface area (Å²) in [5.74, 6) is -0.979. The van der Waals surface area contributed by atoms with Crippen molar-refractivity contribution in [3.63, 3.8) is 0 Å². The smallest absolute Gasteiger partial charge is 0.333 e. The Hall–Kier alpha value is -3.97. The number of anilines is 2. The lowest BCUT2D eigenvalue weighted by molar-refractivity contribution is 0.256. The van der Waals surface area contributed by atoms with Crippen molar-refractivity contribution in [1.82, 2.24) is 14.3 Å². The summed E-state index contributed by atoms with van der Waals surface area (Å²) in [5, 5.41) is 6.81. The molecular weight excluding hydrogens is 473 g/mol. The highest BCUT2D eigenvalue weighted by Crippen LogP contribution is 2.19. The van der Waals surface area contributed by atoms with Crippen LogP contribution >= 0.6 is 11.3 Å². The number of amides is 2. The SMILES string of the molecule is CNc1ccc2c(=O)n(-c3ccc(NC(=O)NS(=O)(=O)c4cccs4)cc3F)c(=O)[nH]c2c1. The summed E-state index contributed by atoms with van der Waals surface area (Å²) in [6.45, 7) is 0. The Morgan fingerprint density at radius 3 is 2.52 bits per heavy atom. The number of H-pyrrole nitrogens is 1. The van der Waals surface area contributed by atoms with Crippen LogP contribution in [0.5, 0.6) is 0 Å². The van der Waals surface area contributed by atoms with Crippen molar-refractivity contribution in [1.29, 1.82) is 0 Å². The van der Waals surface area contributed by atoms with Gasteiger partial charge in [0.2, 0.25) is 0 Å². The molecule has 2 aromatic carbocycles. The Kier molecular flexibility index (Phi) is 5.74. The summed E-state index contributed by atoms with van der Waals surface area (Å²) >= 11 is 0.927. The largest absolute Gasteiger partial charge is 0.388 e. The number of thiophene rings is 1. The first-order chi connectivity index (χ1) is 15.7. The van der Waals surface area contributed by atoms with Crippen LogP contribution in [0.2, 0.25) is 0 Å². The Morgan fingerprint density at radius 2 is 1.85 bits per heavy atom. The van der Waals surface area contributed by atoms with Crippen LogP contribution in [0, 0.1) is 5.82 Å². The number of nitrogens with zero attached hydrogens (tertiary/aromatic N) is 1. The summed E-state index contributed by atoms with van der Waals surface area (Å²) in [6.07, 6.45) is 0. The summed E-state index contributed by atoms with van der Waals surface area (Å²) in [6, 6.07) is 9.69. The van der Waals surface area contributed by atoms with Gasteiger partial charge in [-0.2, -0.15) is 0 Å². The number of hydrogen-bond acceptors (Lipinski definition) is 7. The van der Waals surface area contributed by atoms with Crippen LogP contribution in [0.25, 0.3) is 16.6 Å². The van der Waals surface area contributed by atoms with E-state index in [0.717, 1.165) is 23.5 Å². The molecule has 2 aromatic heterocycles. The number of nitrogens with one attached hydrogen (secondary N) is 4. The molecule has 13 heteroatoms. The van der Waals surface area contributed by atoms with Gasteiger partial charge in [0.05, 0.1) is 16.6 Å². The Bertz CT molecular complexity index is 1590. The topological polar surface area (TPSA) is 142 Å². The van der Waals surface area contributed by atoms with Gasteiger partial charge in [0.25, 0.3) is 15.6 Å². The molecule has 0 atom stereocenters. The third kappa shape index (κ3) is 4.36. The fourth-order valence-corrected chi connectivity index (χ4v) is 5.00. The number of fused-ring (bicyclic) bond motifs is 1. The van der Waals surface area contributed by atoms with Crippen molar-refractivity contribution in [2.75, 3.05) is 17.7 Å². The molecule has 33 heavy (non-hydrogen) atoms. The number of carbonyl (C=O) groups excluding carboxylic acids is 1. The lowest BCUT2D eigenvalue weighted by atomic mass is 10.2. The molecule has 0 aliphatic heterocycles. The molecule has 4 N–H and O–H groups in total. The van der Waals surface area contributed by atoms with Crippen LogP contribution < -0.4 is 26.6 Å². The average molecular weight is 490 g/mol. The number of halogens is 1. The molecule has 2 amide bonds. The van der Waals surface area contributed by atoms with Crippen LogP contribution in [0.4, 0.5) is 20.6 Å². The number of benzene rings is 2. The molecule has 0 bridgehead atoms. The number of aromatic amines is 1. The van der Waals surface area contributed by atoms with E-state index in [1.807, 2.05) is 4.72 Å². The summed E-state index contributed by atoms with van der Waals surface area (Å²) in [4.78, 5) is 40.0. The summed E-state index contributed by atoms with van der Waals surface area (Å²) in [7, 11) is -2.38. The molecule has 0 spiro atoms. The Balaban J connectivity index is 1.63. The van der Waals surface area contributed by atoms with Gasteiger partial charge in [-0.15, -0.1) is 11.3 Å². The van der Waals surface area contributed by atoms with Crippen LogP contribution in [0.15, 0.2) is 67.7 Å². The van der Waals surface area contributed by atoms with Gasteiger partial charge in [0, 0.05) is 18.4 Å². The molecule has 0 aliphatic carbocycles. The van der Waals surface area contributed by atoms with Crippen LogP contribution in [-0.4, -0.2) is 31.0 Å². The molecule has 0 saturated carbocycles. The molecule has 170 valence electrons. The Labute approximate surface area is 189 Å². The quantitative estimate of drug-likeness (QED) is 0.339. The van der Waals surface area contributed by atoms with E-state index in [4.69, 9.17) is 0 Å². The highest BCUT2D eigenvalue weighted by Gasteiger charge is 2.19. The van der Waals surface area contributed by atoms with Gasteiger partial charge in [0.1, 0.15) is 10.0 Å². The van der Waals surface area contributed by atoms with Gasteiger partial charge in [-0.25, -0.2) is 31.7 Å². The molecule has 0 radical (unpaired) electrons. The third-order valence-electron chi connectivity index (χ3n) is 4.62. The zero-order chi connectivity index (χ0) is 23.8. The minimum absolute atomic E-state index is 0.0593. The van der Waals surface area contributed by atoms with E-state index in [1.54, 1.807) is 19.2 Å². The summed E-state index contributed by atoms with van der Waals surface area (Å²) in [5.41, 5.74) is -1.03. The molecule has 4 aromatic rings. The number of rotatable bonds is 5. The standard InChI is InChI=1S/C20H16FN5O5S2/c1-22-11-4-6-13-15(10-11)24-20(29)26(18(13)27)16-7-5-12(9-14(16)21)23-19(28)25-33(30,31)17-3-2-8-32-17/h2-10,22H,1H3,(H,24,29)(H2,23,25,28). The van der Waals surface area contributed by atoms with E-state index in [0.29, 0.717) is 10.3 Å². The third-order valence-corrected chi connectivity index (χ3v) is 7.35. The predicted molar refractivity (Wildman–Crippen MR) is 123 cm³/mol. The highest BCUT2D eigenvalue weighted by atomic mass is 32.2. The van der Waals surface area contributed by atoms with Crippen LogP contribution in [-0.2, 0) is 10.0 Å². The molecular formula is C20H16FN5O5S2. The number of aromatic nitrogens is 2. The van der Waals surface area contributed by atoms with E-state index in [-0.39, 0.29) is 26.5 Å². The second-order valence-electron chi connectivity index (χ2n) is 6.74. The zero-order valence-electron chi connectivity index (χ0n) is 16.9. The van der Waals surface area contributed by atoms with Crippen molar-refractivity contribution in [2.24, 2.45) is 0 Å². The molecule has 4 rings (SSSR count). The van der Waals surface area contributed by atoms with E-state index in [9.17, 15) is 27.2 Å². The van der Waals surface area contributed by atoms with Gasteiger partial charge >= 0.3 is 11.7 Å². The molecule has 0 aliphatic rings. The molecule has 0 unspecified atom stereocenters. The minimum Gasteiger partial charge on any atom is -0.388 e. The monoisotopic (exact) mass is 489 g/mol. The predicted octanol–water partition coefficient (Wildman–Crippen LogP) is 2.43. The maximum Gasteiger partial charge on any atom is 0.333 e. The first kappa shape index (κ1) is 22.2. The van der Waals surface area contributed by atoms with Crippen molar-refractivity contribution in [3.8, 4) is 5.69 Å². The first-order valence-corrected chi connectivity index (χ1v) is 11.7. The molecule has 0 saturated heterocycles. The van der Waals surface area contributed by atoms with Gasteiger partial charge < -0.3 is 15.6 Å². The van der Waals surface area contributed by atoms with Gasteiger partial charge in [-0.1, -0.05) is 6.07 Å². The number of sulfonamides is 1. The maximum absolute atomic E-state index is 14.8. The summed E-state index contributed by atoms with van der Waals surface area (Å²) < 4.78 is 41.4. The minimum atomic E-state index is -4.07. The van der Waals surface area contributed by atoms with E-state index >= 15 is 0 Å². The van der Waals surface area contributed by atoms with Crippen molar-refractivity contribution < 1.29 is 17.6 Å². The van der Waals surface area contributed by atoms with Gasteiger partial charge in [0.15, 0.2) is 0 Å². The van der Waals surface area contributed by atoms with E-state index < -0.39 is 33.1 Å². The number of carbonyl (C=O) groups is 1. The maximum atomic E-state index is 14.8. The molecule has 0 fully saturated rings. The van der Waals surface area contributed by atoms with Crippen molar-refractivity contribution >= 4 is 49.7 Å². The van der Waals surface area contributed by atoms with Crippen LogP contribution in [0.1, 0.15) is 0 Å². The average Bonchev–Trinajstić information content (AvgIpc) is 3.30. The highest BCUT2D eigenvalue weighted by molar-refractivity contribution is 7.92. The van der Waals surface area contributed by atoms with Crippen LogP contribution in [0.3, 0.4) is 0 Å². The second-order valence-corrected chi connectivity index (χ2v) is 9.60. The van der Waals surface area contributed by atoms with Crippen molar-refractivity contribution in [2.45, 2.75) is 4.21 Å². The fourth-order valence-electron chi connectivity index (χ4n) is 3.10. The van der Waals surface area contributed by atoms with E-state index in [1.165, 1.54) is 29.6 Å². The first-order valence-electron chi connectivity index (χ1n) is 9.33. The molecule has 2 heterocycles. The Morgan fingerprint density at radius 1 is 1.09 bits per heavy atom. The number of hydrogen-bond donors (Lipinski definition) is 4. The lowest BCUT2D eigenvalue weighted by Gasteiger charge is -2.11. The molecule has 10 nitrogen and oxygen atoms in total. The number of urea groups is 1. The van der Waals surface area contributed by atoms with Gasteiger partial charge in [-0.05, 0) is 47.8 Å². The fraction of sp³-hybridized carbons (Fsp3) is 0.0500. The van der Waals surface area contributed by atoms with Gasteiger partial charge in [-0.3, -0.25) is 4.79 Å². The lowest BCUT2D eigenvalue weighted by Crippen LogP contribution is -2.35. The van der Waals surface area contributed by atoms with Crippen molar-refractivity contribution in [3.05, 3.63) is 80.6 Å². The van der Waals surface area contributed by atoms with E-state index in [2.05, 4.69) is 15.6 Å².